The molecule has 0 radical (unpaired) electrons. The van der Waals surface area contributed by atoms with Crippen LogP contribution < -0.4 is 5.56 Å². The number of hydrogen-bond donors (Lipinski definition) is 0. The van der Waals surface area contributed by atoms with Gasteiger partial charge in [0.1, 0.15) is 12.4 Å². The molecule has 0 saturated carbocycles. The van der Waals surface area contributed by atoms with Crippen LogP contribution in [0.1, 0.15) is 48.2 Å². The van der Waals surface area contributed by atoms with E-state index in [-0.39, 0.29) is 23.8 Å². The van der Waals surface area contributed by atoms with Crippen molar-refractivity contribution in [3.8, 4) is 0 Å². The second-order valence-corrected chi connectivity index (χ2v) is 11.2. The third-order valence-electron chi connectivity index (χ3n) is 7.16. The Hall–Kier alpha value is -3.23. The molecule has 0 atom stereocenters. The van der Waals surface area contributed by atoms with Crippen molar-refractivity contribution in [2.75, 3.05) is 27.2 Å². The Balaban J connectivity index is 1.58. The third kappa shape index (κ3) is 7.46. The molecule has 0 N–H and O–H groups in total. The van der Waals surface area contributed by atoms with Gasteiger partial charge in [-0.15, -0.1) is 0 Å². The van der Waals surface area contributed by atoms with E-state index in [2.05, 4.69) is 47.1 Å². The summed E-state index contributed by atoms with van der Waals surface area (Å²) in [6, 6.07) is 14.7. The van der Waals surface area contributed by atoms with Gasteiger partial charge in [-0.3, -0.25) is 9.59 Å². The van der Waals surface area contributed by atoms with E-state index in [0.29, 0.717) is 30.4 Å². The zero-order valence-corrected chi connectivity index (χ0v) is 24.1. The number of amides is 1. The summed E-state index contributed by atoms with van der Waals surface area (Å²) in [5.74, 6) is 0.238. The molecule has 4 rings (SSSR count). The van der Waals surface area contributed by atoms with Crippen molar-refractivity contribution >= 4 is 23.2 Å². The summed E-state index contributed by atoms with van der Waals surface area (Å²) in [6.07, 6.45) is 4.42. The quantitative estimate of drug-likeness (QED) is 0.244. The number of benzene rings is 2. The van der Waals surface area contributed by atoms with Crippen LogP contribution in [0.4, 0.5) is 4.39 Å². The molecule has 1 aliphatic rings. The maximum absolute atomic E-state index is 13.8. The Labute approximate surface area is 234 Å². The first-order valence-corrected chi connectivity index (χ1v) is 14.4. The molecular formula is C31H37FN4O2S. The minimum atomic E-state index is -0.286. The number of fused-ring (bicyclic) bond motifs is 1. The number of halogens is 1. The van der Waals surface area contributed by atoms with Gasteiger partial charge in [0.2, 0.25) is 5.91 Å². The van der Waals surface area contributed by atoms with E-state index in [9.17, 15) is 14.0 Å². The molecule has 8 heteroatoms. The first-order valence-electron chi connectivity index (χ1n) is 13.4. The second kappa shape index (κ2) is 13.2. The fourth-order valence-corrected chi connectivity index (χ4v) is 5.66. The van der Waals surface area contributed by atoms with Crippen molar-refractivity contribution in [1.82, 2.24) is 19.4 Å². The molecule has 0 fully saturated rings. The van der Waals surface area contributed by atoms with E-state index in [1.165, 1.54) is 35.0 Å². The molecule has 0 aliphatic heterocycles. The summed E-state index contributed by atoms with van der Waals surface area (Å²) in [6.45, 7) is 6.09. The largest absolute Gasteiger partial charge is 0.336 e. The maximum Gasteiger partial charge on any atom is 0.277 e. The number of allylic oxidation sites excluding steroid dienone is 2. The van der Waals surface area contributed by atoms with Crippen molar-refractivity contribution < 1.29 is 9.18 Å². The van der Waals surface area contributed by atoms with Gasteiger partial charge < -0.3 is 14.4 Å². The highest BCUT2D eigenvalue weighted by Gasteiger charge is 2.25. The van der Waals surface area contributed by atoms with Crippen molar-refractivity contribution in [1.29, 1.82) is 0 Å². The van der Waals surface area contributed by atoms with Crippen LogP contribution in [0, 0.1) is 5.82 Å². The van der Waals surface area contributed by atoms with Crippen LogP contribution in [0.3, 0.4) is 0 Å². The number of aromatic nitrogens is 2. The van der Waals surface area contributed by atoms with Crippen LogP contribution in [0.2, 0.25) is 0 Å². The van der Waals surface area contributed by atoms with Crippen LogP contribution in [-0.2, 0) is 36.5 Å². The highest BCUT2D eigenvalue weighted by atomic mass is 32.2. The molecule has 0 spiro atoms. The fraction of sp³-hybridized carbons (Fsp3) is 0.387. The van der Waals surface area contributed by atoms with Crippen LogP contribution in [0.5, 0.6) is 0 Å². The Morgan fingerprint density at radius 2 is 1.74 bits per heavy atom. The summed E-state index contributed by atoms with van der Waals surface area (Å²) in [5.41, 5.74) is 5.83. The average Bonchev–Trinajstić information content (AvgIpc) is 3.43. The monoisotopic (exact) mass is 548 g/mol. The van der Waals surface area contributed by atoms with Crippen molar-refractivity contribution in [3.63, 3.8) is 0 Å². The Morgan fingerprint density at radius 3 is 2.41 bits per heavy atom. The number of carbonyl (C=O) groups excluding carboxylic acids is 1. The minimum absolute atomic E-state index is 0.00579. The molecular weight excluding hydrogens is 511 g/mol. The number of hydrogen-bond acceptors (Lipinski definition) is 5. The van der Waals surface area contributed by atoms with E-state index < -0.39 is 0 Å². The molecule has 0 bridgehead atoms. The lowest BCUT2D eigenvalue weighted by atomic mass is 10.1. The lowest BCUT2D eigenvalue weighted by molar-refractivity contribution is -0.132. The molecule has 1 amide bonds. The van der Waals surface area contributed by atoms with Crippen molar-refractivity contribution in [3.05, 3.63) is 98.7 Å². The van der Waals surface area contributed by atoms with Gasteiger partial charge in [0.25, 0.3) is 5.56 Å². The summed E-state index contributed by atoms with van der Waals surface area (Å²) < 4.78 is 15.3. The zero-order chi connectivity index (χ0) is 27.9. The number of thioether (sulfide) groups is 1. The molecule has 3 aromatic rings. The van der Waals surface area contributed by atoms with Crippen LogP contribution in [0.25, 0.3) is 5.57 Å². The minimum Gasteiger partial charge on any atom is -0.336 e. The fourth-order valence-electron chi connectivity index (χ4n) is 4.70. The number of nitrogens with zero attached hydrogens (tertiary/aromatic N) is 4. The summed E-state index contributed by atoms with van der Waals surface area (Å²) in [4.78, 5) is 35.0. The van der Waals surface area contributed by atoms with E-state index in [4.69, 9.17) is 0 Å². The van der Waals surface area contributed by atoms with E-state index in [0.717, 1.165) is 41.8 Å². The van der Waals surface area contributed by atoms with Gasteiger partial charge in [-0.25, -0.2) is 4.39 Å². The van der Waals surface area contributed by atoms with Gasteiger partial charge in [-0.2, -0.15) is 4.98 Å². The third-order valence-corrected chi connectivity index (χ3v) is 8.21. The predicted octanol–water partition coefficient (Wildman–Crippen LogP) is 5.18. The summed E-state index contributed by atoms with van der Waals surface area (Å²) in [5, 5.41) is 0.539. The van der Waals surface area contributed by atoms with E-state index in [1.807, 2.05) is 30.5 Å². The second-order valence-electron chi connectivity index (χ2n) is 10.3. The molecule has 6 nitrogen and oxygen atoms in total. The highest BCUT2D eigenvalue weighted by Crippen LogP contribution is 2.27. The Bertz CT molecular complexity index is 1380. The Kier molecular flexibility index (Phi) is 9.75. The van der Waals surface area contributed by atoms with Crippen molar-refractivity contribution in [2.45, 2.75) is 57.1 Å². The molecule has 0 saturated heterocycles. The number of likely N-dealkylation sites (N-methyl/N-ethyl adjacent to an activating group) is 1. The molecule has 206 valence electrons. The van der Waals surface area contributed by atoms with Gasteiger partial charge >= 0.3 is 0 Å². The number of rotatable bonds is 11. The van der Waals surface area contributed by atoms with E-state index in [1.54, 1.807) is 12.1 Å². The normalized spacial score (nSPS) is 13.1. The van der Waals surface area contributed by atoms with Gasteiger partial charge in [0.15, 0.2) is 5.16 Å². The molecule has 39 heavy (non-hydrogen) atoms. The SMILES string of the molecule is C/C=C(\C)c1ccc(CN(CCN(C)C)C(=O)Cn2c(SCc3ccc(F)cc3)nc(=O)c3c2CCC3)cc1. The highest BCUT2D eigenvalue weighted by molar-refractivity contribution is 7.98. The topological polar surface area (TPSA) is 58.4 Å². The average molecular weight is 549 g/mol. The number of carbonyl (C=O) groups is 1. The lowest BCUT2D eigenvalue weighted by Crippen LogP contribution is -2.39. The van der Waals surface area contributed by atoms with E-state index >= 15 is 0 Å². The van der Waals surface area contributed by atoms with Gasteiger partial charge in [-0.1, -0.05) is 54.2 Å². The first kappa shape index (κ1) is 28.8. The standard InChI is InChI=1S/C31H37FN4O2S/c1-5-22(2)25-13-9-23(10-14-25)19-35(18-17-34(3)4)29(37)20-36-28-8-6-7-27(28)30(38)33-31(36)39-21-24-11-15-26(32)16-12-24/h5,9-16H,6-8,17-21H2,1-4H3/b22-5+. The predicted molar refractivity (Wildman–Crippen MR) is 156 cm³/mol. The van der Waals surface area contributed by atoms with Gasteiger partial charge in [0.05, 0.1) is 0 Å². The molecule has 1 aliphatic carbocycles. The Morgan fingerprint density at radius 1 is 1.05 bits per heavy atom. The van der Waals surface area contributed by atoms with Gasteiger partial charge in [0, 0.05) is 36.6 Å². The van der Waals surface area contributed by atoms with Crippen LogP contribution in [-0.4, -0.2) is 52.4 Å². The summed E-state index contributed by atoms with van der Waals surface area (Å²) in [7, 11) is 4.00. The molecule has 0 unspecified atom stereocenters. The van der Waals surface area contributed by atoms with Gasteiger partial charge in [-0.05, 0) is 81.6 Å². The smallest absolute Gasteiger partial charge is 0.277 e. The summed E-state index contributed by atoms with van der Waals surface area (Å²) >= 11 is 1.41. The lowest BCUT2D eigenvalue weighted by Gasteiger charge is -2.26. The zero-order valence-electron chi connectivity index (χ0n) is 23.2. The first-order chi connectivity index (χ1) is 18.7. The van der Waals surface area contributed by atoms with Crippen molar-refractivity contribution in [2.24, 2.45) is 0 Å². The maximum atomic E-state index is 13.8. The van der Waals surface area contributed by atoms with Crippen LogP contribution in [0.15, 0.2) is 64.6 Å². The molecule has 2 aromatic carbocycles. The van der Waals surface area contributed by atoms with Crippen LogP contribution >= 0.6 is 11.8 Å². The molecule has 1 aromatic heterocycles. The molecule has 1 heterocycles.